The Bertz CT molecular complexity index is 361. The summed E-state index contributed by atoms with van der Waals surface area (Å²) < 4.78 is 9.85. The van der Waals surface area contributed by atoms with Crippen LogP contribution in [0.25, 0.3) is 0 Å². The van der Waals surface area contributed by atoms with Gasteiger partial charge in [0.1, 0.15) is 0 Å². The maximum Gasteiger partial charge on any atom is 0.0826 e. The van der Waals surface area contributed by atoms with Gasteiger partial charge in [-0.15, -0.1) is 5.10 Å². The first kappa shape index (κ1) is 13.9. The zero-order valence-corrected chi connectivity index (χ0v) is 12.4. The van der Waals surface area contributed by atoms with Crippen LogP contribution in [-0.4, -0.2) is 40.8 Å². The summed E-state index contributed by atoms with van der Waals surface area (Å²) in [5, 5.41) is 4.23. The summed E-state index contributed by atoms with van der Waals surface area (Å²) >= 11 is 1.52. The van der Waals surface area contributed by atoms with Gasteiger partial charge in [0.25, 0.3) is 0 Å². The van der Waals surface area contributed by atoms with Crippen LogP contribution in [-0.2, 0) is 11.3 Å². The molecule has 0 aromatic carbocycles. The third-order valence-corrected chi connectivity index (χ3v) is 4.06. The second-order valence-corrected chi connectivity index (χ2v) is 6.26. The highest BCUT2D eigenvalue weighted by molar-refractivity contribution is 7.05. The number of likely N-dealkylation sites (N-methyl/N-ethyl adjacent to an activating group) is 1. The maximum atomic E-state index is 5.78. The van der Waals surface area contributed by atoms with E-state index in [2.05, 4.69) is 35.4 Å². The minimum atomic E-state index is 0.409. The van der Waals surface area contributed by atoms with Crippen molar-refractivity contribution < 1.29 is 4.74 Å². The lowest BCUT2D eigenvalue weighted by molar-refractivity contribution is -0.00250. The highest BCUT2D eigenvalue weighted by Gasteiger charge is 2.18. The van der Waals surface area contributed by atoms with Crippen molar-refractivity contribution in [2.75, 3.05) is 20.2 Å². The molecular weight excluding hydrogens is 246 g/mol. The van der Waals surface area contributed by atoms with Gasteiger partial charge < -0.3 is 4.74 Å². The standard InChI is InChI=1S/C13H23N3OS/c1-10(2)13-12(18-15-14-13)9-16(3)8-11-6-4-5-7-17-11/h10-11H,4-9H2,1-3H3. The van der Waals surface area contributed by atoms with Gasteiger partial charge in [0.05, 0.1) is 16.7 Å². The number of rotatable bonds is 5. The largest absolute Gasteiger partial charge is 0.377 e. The average Bonchev–Trinajstić information content (AvgIpc) is 2.78. The van der Waals surface area contributed by atoms with Crippen LogP contribution in [0.2, 0.25) is 0 Å². The van der Waals surface area contributed by atoms with E-state index in [-0.39, 0.29) is 0 Å². The zero-order valence-electron chi connectivity index (χ0n) is 11.6. The molecule has 0 bridgehead atoms. The van der Waals surface area contributed by atoms with E-state index in [1.54, 1.807) is 0 Å². The van der Waals surface area contributed by atoms with E-state index < -0.39 is 0 Å². The highest BCUT2D eigenvalue weighted by Crippen LogP contribution is 2.21. The maximum absolute atomic E-state index is 5.78. The molecule has 1 unspecified atom stereocenters. The molecule has 2 rings (SSSR count). The van der Waals surface area contributed by atoms with E-state index in [1.807, 2.05) is 0 Å². The second-order valence-electron chi connectivity index (χ2n) is 5.42. The number of aromatic nitrogens is 2. The van der Waals surface area contributed by atoms with Crippen molar-refractivity contribution >= 4 is 11.5 Å². The van der Waals surface area contributed by atoms with Gasteiger partial charge in [-0.3, -0.25) is 4.90 Å². The molecule has 1 saturated heterocycles. The molecule has 2 heterocycles. The fraction of sp³-hybridized carbons (Fsp3) is 0.846. The Kier molecular flexibility index (Phi) is 5.09. The van der Waals surface area contributed by atoms with E-state index in [0.29, 0.717) is 12.0 Å². The Morgan fingerprint density at radius 2 is 2.28 bits per heavy atom. The Balaban J connectivity index is 1.86. The SMILES string of the molecule is CC(C)c1nnsc1CN(C)CC1CCCCO1. The van der Waals surface area contributed by atoms with Crippen molar-refractivity contribution in [1.82, 2.24) is 14.5 Å². The molecule has 102 valence electrons. The molecule has 0 amide bonds. The number of nitrogens with zero attached hydrogens (tertiary/aromatic N) is 3. The monoisotopic (exact) mass is 269 g/mol. The molecule has 1 aliphatic rings. The first-order valence-corrected chi connectivity index (χ1v) is 7.55. The predicted octanol–water partition coefficient (Wildman–Crippen LogP) is 2.66. The average molecular weight is 269 g/mol. The molecule has 4 nitrogen and oxygen atoms in total. The van der Waals surface area contributed by atoms with Gasteiger partial charge in [0, 0.05) is 19.7 Å². The second kappa shape index (κ2) is 6.59. The van der Waals surface area contributed by atoms with Gasteiger partial charge in [-0.05, 0) is 43.8 Å². The Hall–Kier alpha value is -0.520. The summed E-state index contributed by atoms with van der Waals surface area (Å²) in [6, 6.07) is 0. The van der Waals surface area contributed by atoms with E-state index >= 15 is 0 Å². The lowest BCUT2D eigenvalue weighted by atomic mass is 10.1. The van der Waals surface area contributed by atoms with Crippen LogP contribution in [0.4, 0.5) is 0 Å². The molecule has 1 atom stereocenters. The van der Waals surface area contributed by atoms with Crippen molar-refractivity contribution in [2.45, 2.75) is 51.7 Å². The lowest BCUT2D eigenvalue weighted by Crippen LogP contribution is -2.33. The van der Waals surface area contributed by atoms with Gasteiger partial charge in [-0.1, -0.05) is 18.3 Å². The van der Waals surface area contributed by atoms with Gasteiger partial charge in [0.2, 0.25) is 0 Å². The molecule has 0 radical (unpaired) electrons. The fourth-order valence-corrected chi connectivity index (χ4v) is 3.25. The molecule has 1 aromatic heterocycles. The number of ether oxygens (including phenoxy) is 1. The van der Waals surface area contributed by atoms with Gasteiger partial charge in [-0.25, -0.2) is 0 Å². The minimum Gasteiger partial charge on any atom is -0.377 e. The van der Waals surface area contributed by atoms with Crippen molar-refractivity contribution in [3.05, 3.63) is 10.6 Å². The molecule has 0 spiro atoms. The van der Waals surface area contributed by atoms with Crippen molar-refractivity contribution in [1.29, 1.82) is 0 Å². The quantitative estimate of drug-likeness (QED) is 0.823. The summed E-state index contributed by atoms with van der Waals surface area (Å²) in [5.74, 6) is 0.457. The summed E-state index contributed by atoms with van der Waals surface area (Å²) in [6.45, 7) is 7.22. The fourth-order valence-electron chi connectivity index (χ4n) is 2.37. The third kappa shape index (κ3) is 3.73. The molecule has 0 aliphatic carbocycles. The molecule has 18 heavy (non-hydrogen) atoms. The summed E-state index contributed by atoms with van der Waals surface area (Å²) in [6.07, 6.45) is 4.13. The first-order chi connectivity index (χ1) is 8.66. The van der Waals surface area contributed by atoms with E-state index in [9.17, 15) is 0 Å². The minimum absolute atomic E-state index is 0.409. The van der Waals surface area contributed by atoms with Crippen LogP contribution >= 0.6 is 11.5 Å². The van der Waals surface area contributed by atoms with Crippen LogP contribution in [0.5, 0.6) is 0 Å². The molecule has 0 N–H and O–H groups in total. The number of hydrogen-bond acceptors (Lipinski definition) is 5. The predicted molar refractivity (Wildman–Crippen MR) is 73.9 cm³/mol. The third-order valence-electron chi connectivity index (χ3n) is 3.33. The smallest absolute Gasteiger partial charge is 0.0826 e. The van der Waals surface area contributed by atoms with Crippen molar-refractivity contribution in [2.24, 2.45) is 0 Å². The molecular formula is C13H23N3OS. The first-order valence-electron chi connectivity index (χ1n) is 6.78. The normalized spacial score (nSPS) is 20.8. The summed E-state index contributed by atoms with van der Waals surface area (Å²) in [5.41, 5.74) is 1.15. The lowest BCUT2D eigenvalue weighted by Gasteiger charge is -2.27. The van der Waals surface area contributed by atoms with E-state index in [4.69, 9.17) is 4.74 Å². The Morgan fingerprint density at radius 3 is 2.94 bits per heavy atom. The van der Waals surface area contributed by atoms with Gasteiger partial charge >= 0.3 is 0 Å². The molecule has 0 saturated carbocycles. The van der Waals surface area contributed by atoms with Crippen molar-refractivity contribution in [3.8, 4) is 0 Å². The highest BCUT2D eigenvalue weighted by atomic mass is 32.1. The summed E-state index contributed by atoms with van der Waals surface area (Å²) in [4.78, 5) is 3.63. The topological polar surface area (TPSA) is 38.2 Å². The van der Waals surface area contributed by atoms with Crippen LogP contribution in [0.1, 0.15) is 49.6 Å². The molecule has 1 aliphatic heterocycles. The van der Waals surface area contributed by atoms with E-state index in [1.165, 1.54) is 35.7 Å². The molecule has 1 fully saturated rings. The molecule has 5 heteroatoms. The Morgan fingerprint density at radius 1 is 1.44 bits per heavy atom. The zero-order chi connectivity index (χ0) is 13.0. The van der Waals surface area contributed by atoms with Crippen LogP contribution in [0.15, 0.2) is 0 Å². The summed E-state index contributed by atoms with van der Waals surface area (Å²) in [7, 11) is 2.15. The van der Waals surface area contributed by atoms with E-state index in [0.717, 1.165) is 25.4 Å². The molecule has 1 aromatic rings. The Labute approximate surface area is 114 Å². The van der Waals surface area contributed by atoms with Gasteiger partial charge in [-0.2, -0.15) is 0 Å². The van der Waals surface area contributed by atoms with Gasteiger partial charge in [0.15, 0.2) is 0 Å². The number of hydrogen-bond donors (Lipinski definition) is 0. The van der Waals surface area contributed by atoms with Crippen LogP contribution < -0.4 is 0 Å². The van der Waals surface area contributed by atoms with Crippen LogP contribution in [0.3, 0.4) is 0 Å². The van der Waals surface area contributed by atoms with Crippen molar-refractivity contribution in [3.63, 3.8) is 0 Å². The van der Waals surface area contributed by atoms with Crippen LogP contribution in [0, 0.1) is 0 Å².